The number of hydrogen-bond donors (Lipinski definition) is 1. The van der Waals surface area contributed by atoms with E-state index in [9.17, 15) is 9.90 Å². The van der Waals surface area contributed by atoms with Crippen molar-refractivity contribution in [3.05, 3.63) is 72.6 Å². The van der Waals surface area contributed by atoms with E-state index in [1.165, 1.54) is 0 Å². The standard InChI is InChI=1S/C22H24N4O2/c1-25-14-11-24-21(25)20(27)17-7-12-26(13-8-17)22(28)19-4-2-3-18(15-19)16-5-9-23-10-6-16/h2-6,9-11,14-15,17,20,27H,7-8,12-13H2,1H3. The third-order valence-electron chi connectivity index (χ3n) is 5.52. The van der Waals surface area contributed by atoms with Crippen molar-refractivity contribution in [3.63, 3.8) is 0 Å². The molecule has 1 aromatic carbocycles. The van der Waals surface area contributed by atoms with E-state index in [1.54, 1.807) is 18.6 Å². The van der Waals surface area contributed by atoms with Gasteiger partial charge < -0.3 is 14.6 Å². The Balaban J connectivity index is 1.42. The molecule has 0 bridgehead atoms. The summed E-state index contributed by atoms with van der Waals surface area (Å²) in [7, 11) is 1.89. The van der Waals surface area contributed by atoms with Gasteiger partial charge in [0.05, 0.1) is 0 Å². The van der Waals surface area contributed by atoms with Crippen LogP contribution < -0.4 is 0 Å². The first-order valence-electron chi connectivity index (χ1n) is 9.58. The van der Waals surface area contributed by atoms with Gasteiger partial charge >= 0.3 is 0 Å². The smallest absolute Gasteiger partial charge is 0.253 e. The summed E-state index contributed by atoms with van der Waals surface area (Å²) < 4.78 is 1.85. The van der Waals surface area contributed by atoms with Gasteiger partial charge in [-0.15, -0.1) is 0 Å². The van der Waals surface area contributed by atoms with Crippen LogP contribution in [-0.2, 0) is 7.05 Å². The van der Waals surface area contributed by atoms with Crippen LogP contribution in [0.2, 0.25) is 0 Å². The Kier molecular flexibility index (Phi) is 5.21. The molecule has 3 aromatic rings. The monoisotopic (exact) mass is 376 g/mol. The minimum Gasteiger partial charge on any atom is -0.385 e. The minimum atomic E-state index is -0.590. The molecule has 6 heteroatoms. The van der Waals surface area contributed by atoms with Gasteiger partial charge in [0.1, 0.15) is 11.9 Å². The maximum atomic E-state index is 13.0. The number of aliphatic hydroxyl groups excluding tert-OH is 1. The highest BCUT2D eigenvalue weighted by molar-refractivity contribution is 5.95. The summed E-state index contributed by atoms with van der Waals surface area (Å²) in [5.41, 5.74) is 2.74. The summed E-state index contributed by atoms with van der Waals surface area (Å²) in [6, 6.07) is 11.6. The number of carbonyl (C=O) groups excluding carboxylic acids is 1. The largest absolute Gasteiger partial charge is 0.385 e. The first-order valence-corrected chi connectivity index (χ1v) is 9.58. The molecule has 6 nitrogen and oxygen atoms in total. The number of likely N-dealkylation sites (tertiary alicyclic amines) is 1. The fourth-order valence-electron chi connectivity index (χ4n) is 3.85. The van der Waals surface area contributed by atoms with Gasteiger partial charge in [0, 0.05) is 50.5 Å². The number of piperidine rings is 1. The zero-order valence-corrected chi connectivity index (χ0v) is 15.9. The van der Waals surface area contributed by atoms with Crippen molar-refractivity contribution in [2.45, 2.75) is 18.9 Å². The van der Waals surface area contributed by atoms with Crippen LogP contribution in [0.1, 0.15) is 35.1 Å². The number of hydrogen-bond acceptors (Lipinski definition) is 4. The average Bonchev–Trinajstić information content (AvgIpc) is 3.19. The fraction of sp³-hybridized carbons (Fsp3) is 0.318. The molecule has 0 radical (unpaired) electrons. The van der Waals surface area contributed by atoms with Gasteiger partial charge in [0.2, 0.25) is 0 Å². The molecule has 1 atom stereocenters. The zero-order chi connectivity index (χ0) is 19.5. The van der Waals surface area contributed by atoms with Gasteiger partial charge in [-0.3, -0.25) is 9.78 Å². The molecule has 1 unspecified atom stereocenters. The molecule has 1 aliphatic rings. The molecule has 28 heavy (non-hydrogen) atoms. The van der Waals surface area contributed by atoms with Gasteiger partial charge in [0.25, 0.3) is 5.91 Å². The summed E-state index contributed by atoms with van der Waals surface area (Å²) in [6.07, 6.45) is 7.99. The van der Waals surface area contributed by atoms with E-state index in [-0.39, 0.29) is 11.8 Å². The molecule has 0 aliphatic carbocycles. The van der Waals surface area contributed by atoms with Crippen LogP contribution in [0.15, 0.2) is 61.2 Å². The SMILES string of the molecule is Cn1ccnc1C(O)C1CCN(C(=O)c2cccc(-c3ccncc3)c2)CC1. The molecule has 1 aliphatic heterocycles. The van der Waals surface area contributed by atoms with Gasteiger partial charge in [-0.25, -0.2) is 4.98 Å². The summed E-state index contributed by atoms with van der Waals surface area (Å²) in [5, 5.41) is 10.6. The van der Waals surface area contributed by atoms with Gasteiger partial charge in [-0.2, -0.15) is 0 Å². The number of benzene rings is 1. The number of pyridine rings is 1. The van der Waals surface area contributed by atoms with Gasteiger partial charge in [0.15, 0.2) is 0 Å². The van der Waals surface area contributed by atoms with Crippen molar-refractivity contribution >= 4 is 5.91 Å². The lowest BCUT2D eigenvalue weighted by molar-refractivity contribution is 0.0420. The highest BCUT2D eigenvalue weighted by Gasteiger charge is 2.30. The fourth-order valence-corrected chi connectivity index (χ4v) is 3.85. The third kappa shape index (κ3) is 3.68. The normalized spacial score (nSPS) is 16.1. The van der Waals surface area contributed by atoms with Crippen LogP contribution in [-0.4, -0.2) is 43.5 Å². The van der Waals surface area contributed by atoms with Crippen molar-refractivity contribution in [3.8, 4) is 11.1 Å². The Morgan fingerprint density at radius 1 is 1.11 bits per heavy atom. The van der Waals surface area contributed by atoms with Gasteiger partial charge in [-0.05, 0) is 54.2 Å². The van der Waals surface area contributed by atoms with Crippen LogP contribution in [0.25, 0.3) is 11.1 Å². The molecular weight excluding hydrogens is 352 g/mol. The first-order chi connectivity index (χ1) is 13.6. The Labute approximate surface area is 164 Å². The maximum Gasteiger partial charge on any atom is 0.253 e. The number of rotatable bonds is 4. The second-order valence-corrected chi connectivity index (χ2v) is 7.29. The molecule has 1 fully saturated rings. The summed E-state index contributed by atoms with van der Waals surface area (Å²) in [4.78, 5) is 23.2. The highest BCUT2D eigenvalue weighted by atomic mass is 16.3. The molecule has 0 spiro atoms. The first kappa shape index (κ1) is 18.4. The molecule has 4 rings (SSSR count). The number of aromatic nitrogens is 3. The zero-order valence-electron chi connectivity index (χ0n) is 15.9. The van der Waals surface area contributed by atoms with Crippen molar-refractivity contribution < 1.29 is 9.90 Å². The predicted octanol–water partition coefficient (Wildman–Crippen LogP) is 3.07. The number of amides is 1. The second kappa shape index (κ2) is 7.94. The van der Waals surface area contributed by atoms with Crippen molar-refractivity contribution in [2.24, 2.45) is 13.0 Å². The lowest BCUT2D eigenvalue weighted by Crippen LogP contribution is -2.40. The van der Waals surface area contributed by atoms with Crippen LogP contribution in [0.5, 0.6) is 0 Å². The summed E-state index contributed by atoms with van der Waals surface area (Å²) >= 11 is 0. The van der Waals surface area contributed by atoms with Gasteiger partial charge in [-0.1, -0.05) is 12.1 Å². The maximum absolute atomic E-state index is 13.0. The quantitative estimate of drug-likeness (QED) is 0.760. The lowest BCUT2D eigenvalue weighted by Gasteiger charge is -2.34. The molecule has 144 valence electrons. The number of aryl methyl sites for hydroxylation is 1. The van der Waals surface area contributed by atoms with Crippen LogP contribution in [0.3, 0.4) is 0 Å². The Morgan fingerprint density at radius 2 is 1.86 bits per heavy atom. The minimum absolute atomic E-state index is 0.0424. The average molecular weight is 376 g/mol. The highest BCUT2D eigenvalue weighted by Crippen LogP contribution is 2.30. The van der Waals surface area contributed by atoms with Crippen molar-refractivity contribution in [1.29, 1.82) is 0 Å². The predicted molar refractivity (Wildman–Crippen MR) is 106 cm³/mol. The molecule has 2 aromatic heterocycles. The van der Waals surface area contributed by atoms with E-state index in [0.29, 0.717) is 24.5 Å². The number of imidazole rings is 1. The van der Waals surface area contributed by atoms with E-state index < -0.39 is 6.10 Å². The van der Waals surface area contributed by atoms with Crippen LogP contribution >= 0.6 is 0 Å². The topological polar surface area (TPSA) is 71.2 Å². The van der Waals surface area contributed by atoms with E-state index in [1.807, 2.05) is 59.1 Å². The number of aliphatic hydroxyl groups is 1. The molecule has 1 amide bonds. The molecule has 3 heterocycles. The van der Waals surface area contributed by atoms with E-state index in [0.717, 1.165) is 24.0 Å². The Morgan fingerprint density at radius 3 is 2.54 bits per heavy atom. The molecule has 1 N–H and O–H groups in total. The number of carbonyl (C=O) groups is 1. The second-order valence-electron chi connectivity index (χ2n) is 7.29. The molecule has 0 saturated carbocycles. The lowest BCUT2D eigenvalue weighted by atomic mass is 9.90. The van der Waals surface area contributed by atoms with Crippen LogP contribution in [0, 0.1) is 5.92 Å². The van der Waals surface area contributed by atoms with E-state index in [2.05, 4.69) is 9.97 Å². The van der Waals surface area contributed by atoms with Crippen molar-refractivity contribution in [1.82, 2.24) is 19.4 Å². The van der Waals surface area contributed by atoms with Crippen molar-refractivity contribution in [2.75, 3.05) is 13.1 Å². The summed E-state index contributed by atoms with van der Waals surface area (Å²) in [5.74, 6) is 0.851. The van der Waals surface area contributed by atoms with E-state index >= 15 is 0 Å². The third-order valence-corrected chi connectivity index (χ3v) is 5.52. The summed E-state index contributed by atoms with van der Waals surface area (Å²) in [6.45, 7) is 1.29. The molecular formula is C22H24N4O2. The Hall–Kier alpha value is -2.99. The Bertz CT molecular complexity index is 946. The number of nitrogens with zero attached hydrogens (tertiary/aromatic N) is 4. The van der Waals surface area contributed by atoms with E-state index in [4.69, 9.17) is 0 Å². The van der Waals surface area contributed by atoms with Crippen LogP contribution in [0.4, 0.5) is 0 Å². The molecule has 1 saturated heterocycles.